The van der Waals surface area contributed by atoms with E-state index in [4.69, 9.17) is 0 Å². The van der Waals surface area contributed by atoms with Crippen molar-refractivity contribution in [3.63, 3.8) is 0 Å². The van der Waals surface area contributed by atoms with Crippen LogP contribution < -0.4 is 4.90 Å². The highest BCUT2D eigenvalue weighted by molar-refractivity contribution is 6.08. The number of para-hydroxylation sites is 1. The summed E-state index contributed by atoms with van der Waals surface area (Å²) in [5.41, 5.74) is 3.52. The Bertz CT molecular complexity index is 616. The lowest BCUT2D eigenvalue weighted by molar-refractivity contribution is 0.0992. The van der Waals surface area contributed by atoms with Gasteiger partial charge >= 0.3 is 0 Å². The Morgan fingerprint density at radius 3 is 2.42 bits per heavy atom. The van der Waals surface area contributed by atoms with Gasteiger partial charge in [-0.3, -0.25) is 4.79 Å². The summed E-state index contributed by atoms with van der Waals surface area (Å²) < 4.78 is 0. The Hall–Kier alpha value is -2.35. The van der Waals surface area contributed by atoms with Crippen molar-refractivity contribution in [2.75, 3.05) is 11.9 Å². The molecule has 2 nitrogen and oxygen atoms in total. The van der Waals surface area contributed by atoms with Crippen molar-refractivity contribution in [2.24, 2.45) is 0 Å². The maximum absolute atomic E-state index is 12.6. The number of nitrogens with zero attached hydrogens (tertiary/aromatic N) is 1. The Balaban J connectivity index is 2.39. The number of anilines is 1. The molecule has 0 aromatic heterocycles. The first-order valence-electron chi connectivity index (χ1n) is 6.20. The first kappa shape index (κ1) is 13.1. The zero-order valence-electron chi connectivity index (χ0n) is 11.3. The molecule has 2 aromatic carbocycles. The molecule has 0 aliphatic heterocycles. The van der Waals surface area contributed by atoms with Crippen molar-refractivity contribution in [1.29, 1.82) is 0 Å². The summed E-state index contributed by atoms with van der Waals surface area (Å²) in [5, 5.41) is 0. The first-order valence-corrected chi connectivity index (χ1v) is 6.20. The molecule has 0 saturated carbocycles. The number of aryl methyl sites for hydroxylation is 1. The van der Waals surface area contributed by atoms with E-state index in [1.807, 2.05) is 55.5 Å². The van der Waals surface area contributed by atoms with Crippen molar-refractivity contribution in [1.82, 2.24) is 0 Å². The summed E-state index contributed by atoms with van der Waals surface area (Å²) >= 11 is 0. The number of benzene rings is 2. The summed E-state index contributed by atoms with van der Waals surface area (Å²) in [4.78, 5) is 14.2. The minimum absolute atomic E-state index is 0.0233. The molecule has 2 heteroatoms. The smallest absolute Gasteiger partial charge is 0.258 e. The number of rotatable bonds is 3. The highest BCUT2D eigenvalue weighted by atomic mass is 16.2. The first-order chi connectivity index (χ1) is 9.15. The van der Waals surface area contributed by atoms with Crippen LogP contribution in [-0.2, 0) is 0 Å². The standard InChI is InChI=1S/C17H17NO/c1-4-14-10-6-7-11-15(14)17(19)18(3)16-12-8-5-9-13(16)2/h4-12H,1H2,2-3H3. The monoisotopic (exact) mass is 251 g/mol. The van der Waals surface area contributed by atoms with Crippen molar-refractivity contribution >= 4 is 17.7 Å². The van der Waals surface area contributed by atoms with Crippen LogP contribution in [0.25, 0.3) is 6.08 Å². The minimum atomic E-state index is -0.0233. The van der Waals surface area contributed by atoms with E-state index in [1.54, 1.807) is 18.0 Å². The van der Waals surface area contributed by atoms with E-state index in [9.17, 15) is 4.79 Å². The fourth-order valence-corrected chi connectivity index (χ4v) is 2.10. The van der Waals surface area contributed by atoms with Gasteiger partial charge in [-0.2, -0.15) is 0 Å². The van der Waals surface area contributed by atoms with Crippen molar-refractivity contribution in [3.8, 4) is 0 Å². The largest absolute Gasteiger partial charge is 0.311 e. The van der Waals surface area contributed by atoms with Gasteiger partial charge in [0.1, 0.15) is 0 Å². The van der Waals surface area contributed by atoms with Crippen LogP contribution in [0.4, 0.5) is 5.69 Å². The van der Waals surface area contributed by atoms with E-state index < -0.39 is 0 Å². The molecule has 2 aromatic rings. The maximum atomic E-state index is 12.6. The number of hydrogen-bond donors (Lipinski definition) is 0. The molecule has 0 aliphatic carbocycles. The average molecular weight is 251 g/mol. The van der Waals surface area contributed by atoms with Gasteiger partial charge in [-0.05, 0) is 30.2 Å². The molecule has 19 heavy (non-hydrogen) atoms. The van der Waals surface area contributed by atoms with Gasteiger partial charge in [0.15, 0.2) is 0 Å². The number of amides is 1. The summed E-state index contributed by atoms with van der Waals surface area (Å²) in [5.74, 6) is -0.0233. The van der Waals surface area contributed by atoms with Gasteiger partial charge in [-0.25, -0.2) is 0 Å². The highest BCUT2D eigenvalue weighted by Gasteiger charge is 2.16. The van der Waals surface area contributed by atoms with E-state index in [2.05, 4.69) is 6.58 Å². The van der Waals surface area contributed by atoms with Gasteiger partial charge in [0.25, 0.3) is 5.91 Å². The van der Waals surface area contributed by atoms with E-state index in [0.29, 0.717) is 5.56 Å². The lowest BCUT2D eigenvalue weighted by Gasteiger charge is -2.20. The minimum Gasteiger partial charge on any atom is -0.311 e. The highest BCUT2D eigenvalue weighted by Crippen LogP contribution is 2.21. The molecule has 0 heterocycles. The van der Waals surface area contributed by atoms with E-state index in [0.717, 1.165) is 16.8 Å². The van der Waals surface area contributed by atoms with Crippen molar-refractivity contribution < 1.29 is 4.79 Å². The molecule has 0 spiro atoms. The van der Waals surface area contributed by atoms with Gasteiger partial charge in [0, 0.05) is 18.3 Å². The molecule has 0 radical (unpaired) electrons. The van der Waals surface area contributed by atoms with Crippen LogP contribution in [0.2, 0.25) is 0 Å². The Morgan fingerprint density at radius 2 is 1.74 bits per heavy atom. The normalized spacial score (nSPS) is 10.0. The lowest BCUT2D eigenvalue weighted by atomic mass is 10.1. The third-order valence-corrected chi connectivity index (χ3v) is 3.19. The third kappa shape index (κ3) is 2.58. The molecular weight excluding hydrogens is 234 g/mol. The van der Waals surface area contributed by atoms with Crippen molar-refractivity contribution in [2.45, 2.75) is 6.92 Å². The summed E-state index contributed by atoms with van der Waals surface area (Å²) in [7, 11) is 1.80. The van der Waals surface area contributed by atoms with Gasteiger partial charge in [-0.1, -0.05) is 49.1 Å². The third-order valence-electron chi connectivity index (χ3n) is 3.19. The van der Waals surface area contributed by atoms with Gasteiger partial charge < -0.3 is 4.90 Å². The molecule has 0 fully saturated rings. The molecule has 0 unspecified atom stereocenters. The Labute approximate surface area is 114 Å². The van der Waals surface area contributed by atoms with Crippen LogP contribution in [0, 0.1) is 6.92 Å². The SMILES string of the molecule is C=Cc1ccccc1C(=O)N(C)c1ccccc1C. The van der Waals surface area contributed by atoms with Crippen LogP contribution >= 0.6 is 0 Å². The van der Waals surface area contributed by atoms with E-state index in [-0.39, 0.29) is 5.91 Å². The summed E-state index contributed by atoms with van der Waals surface area (Å²) in [6.07, 6.45) is 1.71. The van der Waals surface area contributed by atoms with Gasteiger partial charge in [0.05, 0.1) is 0 Å². The molecule has 1 amide bonds. The average Bonchev–Trinajstić information content (AvgIpc) is 2.46. The molecule has 96 valence electrons. The molecule has 0 bridgehead atoms. The van der Waals surface area contributed by atoms with Crippen LogP contribution in [0.5, 0.6) is 0 Å². The topological polar surface area (TPSA) is 20.3 Å². The lowest BCUT2D eigenvalue weighted by Crippen LogP contribution is -2.27. The van der Waals surface area contributed by atoms with Crippen LogP contribution in [0.1, 0.15) is 21.5 Å². The number of carbonyl (C=O) groups excluding carboxylic acids is 1. The second-order valence-electron chi connectivity index (χ2n) is 4.44. The molecule has 0 N–H and O–H groups in total. The maximum Gasteiger partial charge on any atom is 0.258 e. The van der Waals surface area contributed by atoms with Crippen LogP contribution in [0.3, 0.4) is 0 Å². The molecule has 0 atom stereocenters. The molecular formula is C17H17NO. The summed E-state index contributed by atoms with van der Waals surface area (Å²) in [6, 6.07) is 15.3. The van der Waals surface area contributed by atoms with Crippen LogP contribution in [0.15, 0.2) is 55.1 Å². The molecule has 0 aliphatic rings. The summed E-state index contributed by atoms with van der Waals surface area (Å²) in [6.45, 7) is 5.75. The molecule has 2 rings (SSSR count). The second-order valence-corrected chi connectivity index (χ2v) is 4.44. The quantitative estimate of drug-likeness (QED) is 0.809. The van der Waals surface area contributed by atoms with Gasteiger partial charge in [-0.15, -0.1) is 0 Å². The zero-order valence-corrected chi connectivity index (χ0v) is 11.3. The fourth-order valence-electron chi connectivity index (χ4n) is 2.10. The Morgan fingerprint density at radius 1 is 1.11 bits per heavy atom. The number of carbonyl (C=O) groups is 1. The Kier molecular flexibility index (Phi) is 3.81. The van der Waals surface area contributed by atoms with E-state index in [1.165, 1.54) is 0 Å². The second kappa shape index (κ2) is 5.53. The van der Waals surface area contributed by atoms with E-state index >= 15 is 0 Å². The van der Waals surface area contributed by atoms with Crippen LogP contribution in [-0.4, -0.2) is 13.0 Å². The fraction of sp³-hybridized carbons (Fsp3) is 0.118. The number of hydrogen-bond acceptors (Lipinski definition) is 1. The predicted octanol–water partition coefficient (Wildman–Crippen LogP) is 3.91. The predicted molar refractivity (Wildman–Crippen MR) is 80.4 cm³/mol. The van der Waals surface area contributed by atoms with Gasteiger partial charge in [0.2, 0.25) is 0 Å². The molecule has 0 saturated heterocycles. The zero-order chi connectivity index (χ0) is 13.8. The van der Waals surface area contributed by atoms with Crippen molar-refractivity contribution in [3.05, 3.63) is 71.8 Å².